The van der Waals surface area contributed by atoms with Crippen molar-refractivity contribution in [1.29, 1.82) is 0 Å². The zero-order valence-electron chi connectivity index (χ0n) is 43.9. The van der Waals surface area contributed by atoms with Crippen molar-refractivity contribution in [3.63, 3.8) is 0 Å². The molecule has 0 aromatic rings. The van der Waals surface area contributed by atoms with Gasteiger partial charge in [-0.15, -0.1) is 0 Å². The highest BCUT2D eigenvalue weighted by atomic mass is 16.7. The number of carbonyl (C=O) groups excluding carboxylic acids is 1. The van der Waals surface area contributed by atoms with Gasteiger partial charge in [0, 0.05) is 0 Å². The second-order valence-corrected chi connectivity index (χ2v) is 20.4. The molecule has 0 aromatic carbocycles. The lowest BCUT2D eigenvalue weighted by atomic mass is 9.98. The Morgan fingerprint density at radius 3 is 1.26 bits per heavy atom. The lowest BCUT2D eigenvalue weighted by molar-refractivity contribution is -0.303. The quantitative estimate of drug-likeness (QED) is 0.0215. The van der Waals surface area contributed by atoms with Crippen LogP contribution in [0, 0.1) is 0 Å². The van der Waals surface area contributed by atoms with E-state index in [1.54, 1.807) is 0 Å². The molecule has 0 spiro atoms. The Balaban J connectivity index is 2.32. The summed E-state index contributed by atoms with van der Waals surface area (Å²) in [4.78, 5) is 13.2. The van der Waals surface area contributed by atoms with Crippen molar-refractivity contribution in [3.8, 4) is 0 Å². The van der Waals surface area contributed by atoms with Gasteiger partial charge in [-0.25, -0.2) is 0 Å². The molecule has 8 N–H and O–H groups in total. The highest BCUT2D eigenvalue weighted by Crippen LogP contribution is 2.23. The number of allylic oxidation sites excluding steroid dienone is 4. The summed E-state index contributed by atoms with van der Waals surface area (Å²) in [7, 11) is 0. The van der Waals surface area contributed by atoms with E-state index in [0.29, 0.717) is 12.8 Å². The van der Waals surface area contributed by atoms with Crippen molar-refractivity contribution in [1.82, 2.24) is 5.32 Å². The van der Waals surface area contributed by atoms with Crippen LogP contribution in [0.5, 0.6) is 0 Å². The van der Waals surface area contributed by atoms with Crippen molar-refractivity contribution in [3.05, 3.63) is 24.3 Å². The number of rotatable bonds is 49. The first kappa shape index (κ1) is 64.6. The first-order valence-corrected chi connectivity index (χ1v) is 28.7. The van der Waals surface area contributed by atoms with Crippen LogP contribution in [0.15, 0.2) is 24.3 Å². The van der Waals surface area contributed by atoms with Crippen LogP contribution in [0.1, 0.15) is 264 Å². The van der Waals surface area contributed by atoms with E-state index in [1.165, 1.54) is 180 Å². The molecule has 0 aliphatic carbocycles. The fourth-order valence-electron chi connectivity index (χ4n) is 9.26. The lowest BCUT2D eigenvalue weighted by Gasteiger charge is -2.40. The van der Waals surface area contributed by atoms with Gasteiger partial charge in [0.1, 0.15) is 36.6 Å². The first-order chi connectivity index (χ1) is 33.2. The summed E-state index contributed by atoms with van der Waals surface area (Å²) in [6.07, 6.45) is 43.8. The van der Waals surface area contributed by atoms with Crippen LogP contribution in [0.25, 0.3) is 0 Å². The van der Waals surface area contributed by atoms with E-state index in [0.717, 1.165) is 44.9 Å². The van der Waals surface area contributed by atoms with Crippen LogP contribution >= 0.6 is 0 Å². The molecule has 1 fully saturated rings. The lowest BCUT2D eigenvalue weighted by Crippen LogP contribution is -2.60. The maximum Gasteiger partial charge on any atom is 0.249 e. The molecule has 402 valence electrons. The largest absolute Gasteiger partial charge is 0.394 e. The third kappa shape index (κ3) is 34.8. The maximum atomic E-state index is 13.2. The third-order valence-electron chi connectivity index (χ3n) is 14.0. The minimum Gasteiger partial charge on any atom is -0.394 e. The van der Waals surface area contributed by atoms with Gasteiger partial charge in [-0.2, -0.15) is 0 Å². The summed E-state index contributed by atoms with van der Waals surface area (Å²) in [5, 5.41) is 76.0. The highest BCUT2D eigenvalue weighted by Gasteiger charge is 2.44. The molecule has 1 rings (SSSR count). The van der Waals surface area contributed by atoms with Gasteiger partial charge in [0.25, 0.3) is 0 Å². The molecule has 1 amide bonds. The van der Waals surface area contributed by atoms with Gasteiger partial charge < -0.3 is 50.5 Å². The summed E-state index contributed by atoms with van der Waals surface area (Å²) in [6.45, 7) is 3.46. The number of amides is 1. The molecule has 0 bridgehead atoms. The molecule has 1 aliphatic rings. The van der Waals surface area contributed by atoms with Gasteiger partial charge in [0.15, 0.2) is 6.29 Å². The molecule has 0 radical (unpaired) electrons. The second kappa shape index (κ2) is 46.6. The number of aliphatic hydroxyl groups excluding tert-OH is 7. The zero-order valence-corrected chi connectivity index (χ0v) is 43.9. The van der Waals surface area contributed by atoms with Crippen molar-refractivity contribution >= 4 is 5.91 Å². The minimum absolute atomic E-state index is 0.252. The van der Waals surface area contributed by atoms with Gasteiger partial charge >= 0.3 is 0 Å². The minimum atomic E-state index is -1.67. The molecule has 1 saturated heterocycles. The zero-order chi connectivity index (χ0) is 49.7. The topological polar surface area (TPSA) is 189 Å². The Kier molecular flexibility index (Phi) is 44.3. The van der Waals surface area contributed by atoms with Crippen LogP contribution in [-0.2, 0) is 14.3 Å². The Labute approximate surface area is 416 Å². The summed E-state index contributed by atoms with van der Waals surface area (Å²) < 4.78 is 11.1. The summed E-state index contributed by atoms with van der Waals surface area (Å²) in [5.41, 5.74) is 0. The van der Waals surface area contributed by atoms with E-state index in [-0.39, 0.29) is 12.8 Å². The standard InChI is InChI=1S/C57H109NO10/c1-3-5-7-9-11-13-15-17-19-21-22-23-24-25-26-27-29-31-33-35-37-39-41-43-45-50(61)56(66)58-48(47-67-57-55(65)54(64)53(63)51(46-59)68-57)52(62)49(60)44-42-40-38-36-34-32-30-28-20-18-16-14-12-10-8-6-4-2/h25-26,36,38,48-55,57,59-65H,3-24,27-35,37,39-47H2,1-2H3,(H,58,66)/b26-25-,38-36+. The SMILES string of the molecule is CCCCCCCCCCCCCC/C=C\CCCCCCCCCCC(O)C(=O)NC(COC1OC(CO)C(O)C(O)C1O)C(O)C(O)CCC/C=C/CCCCCCCCCCCCCC. The summed E-state index contributed by atoms with van der Waals surface area (Å²) >= 11 is 0. The Bertz CT molecular complexity index is 1160. The van der Waals surface area contributed by atoms with Crippen molar-refractivity contribution in [2.75, 3.05) is 13.2 Å². The summed E-state index contributed by atoms with van der Waals surface area (Å²) in [5.74, 6) is -0.706. The monoisotopic (exact) mass is 968 g/mol. The molecule has 9 atom stereocenters. The van der Waals surface area contributed by atoms with E-state index in [2.05, 4.69) is 43.5 Å². The van der Waals surface area contributed by atoms with E-state index in [4.69, 9.17) is 9.47 Å². The predicted octanol–water partition coefficient (Wildman–Crippen LogP) is 11.7. The van der Waals surface area contributed by atoms with Crippen LogP contribution in [0.2, 0.25) is 0 Å². The molecule has 11 heteroatoms. The Morgan fingerprint density at radius 2 is 0.868 bits per heavy atom. The van der Waals surface area contributed by atoms with Gasteiger partial charge in [0.05, 0.1) is 25.4 Å². The van der Waals surface area contributed by atoms with Gasteiger partial charge in [-0.1, -0.05) is 224 Å². The van der Waals surface area contributed by atoms with E-state index in [9.17, 15) is 40.5 Å². The average molecular weight is 968 g/mol. The predicted molar refractivity (Wildman–Crippen MR) is 279 cm³/mol. The molecular weight excluding hydrogens is 859 g/mol. The number of ether oxygens (including phenoxy) is 2. The number of hydrogen-bond donors (Lipinski definition) is 8. The number of aliphatic hydroxyl groups is 7. The number of nitrogens with one attached hydrogen (secondary N) is 1. The molecule has 9 unspecified atom stereocenters. The molecule has 0 saturated carbocycles. The van der Waals surface area contributed by atoms with Gasteiger partial charge in [-0.3, -0.25) is 4.79 Å². The van der Waals surface area contributed by atoms with Gasteiger partial charge in [-0.05, 0) is 64.2 Å². The first-order valence-electron chi connectivity index (χ1n) is 28.7. The molecule has 68 heavy (non-hydrogen) atoms. The number of hydrogen-bond acceptors (Lipinski definition) is 10. The molecule has 0 aromatic heterocycles. The number of carbonyl (C=O) groups is 1. The fraction of sp³-hybridized carbons (Fsp3) is 0.912. The fourth-order valence-corrected chi connectivity index (χ4v) is 9.26. The van der Waals surface area contributed by atoms with Crippen molar-refractivity contribution in [2.24, 2.45) is 0 Å². The third-order valence-corrected chi connectivity index (χ3v) is 14.0. The Morgan fingerprint density at radius 1 is 0.500 bits per heavy atom. The Hall–Kier alpha value is -1.41. The average Bonchev–Trinajstić information content (AvgIpc) is 3.34. The van der Waals surface area contributed by atoms with Gasteiger partial charge in [0.2, 0.25) is 5.91 Å². The van der Waals surface area contributed by atoms with Crippen LogP contribution in [0.3, 0.4) is 0 Å². The number of unbranched alkanes of at least 4 members (excludes halogenated alkanes) is 33. The smallest absolute Gasteiger partial charge is 0.249 e. The highest BCUT2D eigenvalue weighted by molar-refractivity contribution is 5.80. The van der Waals surface area contributed by atoms with E-state index >= 15 is 0 Å². The molecule has 1 heterocycles. The van der Waals surface area contributed by atoms with E-state index < -0.39 is 74.2 Å². The van der Waals surface area contributed by atoms with Crippen LogP contribution in [0.4, 0.5) is 0 Å². The molecule has 11 nitrogen and oxygen atoms in total. The normalized spacial score (nSPS) is 20.6. The van der Waals surface area contributed by atoms with E-state index in [1.807, 2.05) is 0 Å². The van der Waals surface area contributed by atoms with Crippen LogP contribution < -0.4 is 5.32 Å². The summed E-state index contributed by atoms with van der Waals surface area (Å²) in [6, 6.07) is -1.18. The van der Waals surface area contributed by atoms with Crippen molar-refractivity contribution in [2.45, 2.75) is 319 Å². The van der Waals surface area contributed by atoms with Crippen molar-refractivity contribution < 1.29 is 50.0 Å². The second-order valence-electron chi connectivity index (χ2n) is 20.4. The molecule has 1 aliphatic heterocycles. The molecular formula is C57H109NO10. The maximum absolute atomic E-state index is 13.2. The van der Waals surface area contributed by atoms with Crippen LogP contribution in [-0.4, -0.2) is 110 Å².